The number of halogens is 4. The van der Waals surface area contributed by atoms with E-state index in [2.05, 4.69) is 9.72 Å². The van der Waals surface area contributed by atoms with Crippen molar-refractivity contribution >= 4 is 0 Å². The second-order valence-electron chi connectivity index (χ2n) is 3.84. The number of aliphatic hydroxyl groups excluding tert-OH is 1. The van der Waals surface area contributed by atoms with Gasteiger partial charge in [-0.05, 0) is 23.8 Å². The molecular formula is C13H9F4NO2. The Balaban J connectivity index is 2.46. The van der Waals surface area contributed by atoms with E-state index in [0.717, 1.165) is 12.3 Å². The van der Waals surface area contributed by atoms with E-state index in [0.29, 0.717) is 6.07 Å². The Bertz CT molecular complexity index is 619. The summed E-state index contributed by atoms with van der Waals surface area (Å²) in [5.41, 5.74) is 0.131. The number of rotatable bonds is 4. The number of nitrogens with zero attached hydrogens (tertiary/aromatic N) is 1. The first-order valence-electron chi connectivity index (χ1n) is 5.51. The van der Waals surface area contributed by atoms with Gasteiger partial charge in [0.05, 0.1) is 12.8 Å². The fraction of sp³-hybridized carbons (Fsp3) is 0.154. The first kappa shape index (κ1) is 14.3. The third kappa shape index (κ3) is 3.05. The summed E-state index contributed by atoms with van der Waals surface area (Å²) in [6.07, 6.45) is 0.823. The SMILES string of the molecule is OCc1cc(OC(F)F)ccc1-c1ncc(F)cc1F. The number of benzene rings is 1. The van der Waals surface area contributed by atoms with Crippen LogP contribution in [0.4, 0.5) is 17.6 Å². The summed E-state index contributed by atoms with van der Waals surface area (Å²) in [5.74, 6) is -1.92. The smallest absolute Gasteiger partial charge is 0.387 e. The first-order valence-corrected chi connectivity index (χ1v) is 5.51. The van der Waals surface area contributed by atoms with E-state index < -0.39 is 24.9 Å². The molecule has 1 heterocycles. The molecule has 0 atom stereocenters. The van der Waals surface area contributed by atoms with Crippen LogP contribution in [-0.4, -0.2) is 16.7 Å². The van der Waals surface area contributed by atoms with Crippen LogP contribution in [-0.2, 0) is 6.61 Å². The van der Waals surface area contributed by atoms with Crippen LogP contribution >= 0.6 is 0 Å². The molecule has 106 valence electrons. The lowest BCUT2D eigenvalue weighted by Crippen LogP contribution is -2.03. The van der Waals surface area contributed by atoms with E-state index in [1.54, 1.807) is 0 Å². The van der Waals surface area contributed by atoms with E-state index in [9.17, 15) is 22.7 Å². The maximum atomic E-state index is 13.6. The van der Waals surface area contributed by atoms with Gasteiger partial charge in [0.25, 0.3) is 0 Å². The first-order chi connectivity index (χ1) is 9.51. The minimum Gasteiger partial charge on any atom is -0.435 e. The Morgan fingerprint density at radius 1 is 1.20 bits per heavy atom. The van der Waals surface area contributed by atoms with Gasteiger partial charge in [0.15, 0.2) is 5.82 Å². The molecule has 0 fully saturated rings. The molecule has 7 heteroatoms. The fourth-order valence-corrected chi connectivity index (χ4v) is 1.72. The summed E-state index contributed by atoms with van der Waals surface area (Å²) >= 11 is 0. The molecule has 0 radical (unpaired) electrons. The van der Waals surface area contributed by atoms with Crippen molar-refractivity contribution in [2.24, 2.45) is 0 Å². The lowest BCUT2D eigenvalue weighted by atomic mass is 10.0. The lowest BCUT2D eigenvalue weighted by Gasteiger charge is -2.11. The van der Waals surface area contributed by atoms with Crippen LogP contribution in [0.5, 0.6) is 5.75 Å². The molecule has 1 aromatic carbocycles. The van der Waals surface area contributed by atoms with Crippen LogP contribution in [0.15, 0.2) is 30.5 Å². The van der Waals surface area contributed by atoms with Gasteiger partial charge in [-0.25, -0.2) is 8.78 Å². The van der Waals surface area contributed by atoms with Gasteiger partial charge >= 0.3 is 6.61 Å². The highest BCUT2D eigenvalue weighted by atomic mass is 19.3. The molecule has 2 aromatic rings. The van der Waals surface area contributed by atoms with Crippen LogP contribution in [0.2, 0.25) is 0 Å². The molecule has 1 N–H and O–H groups in total. The molecule has 0 aliphatic rings. The van der Waals surface area contributed by atoms with Gasteiger partial charge in [0.2, 0.25) is 0 Å². The normalized spacial score (nSPS) is 10.9. The van der Waals surface area contributed by atoms with Crippen molar-refractivity contribution in [1.29, 1.82) is 0 Å². The Morgan fingerprint density at radius 2 is 1.95 bits per heavy atom. The molecule has 20 heavy (non-hydrogen) atoms. The molecule has 0 amide bonds. The zero-order valence-corrected chi connectivity index (χ0v) is 9.99. The zero-order valence-electron chi connectivity index (χ0n) is 9.99. The highest BCUT2D eigenvalue weighted by Crippen LogP contribution is 2.28. The quantitative estimate of drug-likeness (QED) is 0.878. The molecule has 0 aliphatic carbocycles. The molecule has 0 saturated carbocycles. The highest BCUT2D eigenvalue weighted by molar-refractivity contribution is 5.65. The number of aliphatic hydroxyl groups is 1. The molecule has 0 spiro atoms. The molecule has 0 unspecified atom stereocenters. The van der Waals surface area contributed by atoms with Crippen molar-refractivity contribution in [2.45, 2.75) is 13.2 Å². The van der Waals surface area contributed by atoms with E-state index >= 15 is 0 Å². The summed E-state index contributed by atoms with van der Waals surface area (Å²) in [7, 11) is 0. The topological polar surface area (TPSA) is 42.4 Å². The summed E-state index contributed by atoms with van der Waals surface area (Å²) < 4.78 is 54.8. The lowest BCUT2D eigenvalue weighted by molar-refractivity contribution is -0.0499. The summed E-state index contributed by atoms with van der Waals surface area (Å²) in [6, 6.07) is 4.25. The largest absolute Gasteiger partial charge is 0.435 e. The Hall–Kier alpha value is -2.15. The Morgan fingerprint density at radius 3 is 2.55 bits per heavy atom. The molecule has 0 saturated heterocycles. The second kappa shape index (κ2) is 5.87. The van der Waals surface area contributed by atoms with Crippen molar-refractivity contribution < 1.29 is 27.4 Å². The number of pyridine rings is 1. The molecular weight excluding hydrogens is 278 g/mol. The van der Waals surface area contributed by atoms with Crippen molar-refractivity contribution in [1.82, 2.24) is 4.98 Å². The second-order valence-corrected chi connectivity index (χ2v) is 3.84. The van der Waals surface area contributed by atoms with Crippen molar-refractivity contribution in [3.8, 4) is 17.0 Å². The average Bonchev–Trinajstić information content (AvgIpc) is 2.38. The van der Waals surface area contributed by atoms with Gasteiger partial charge in [-0.1, -0.05) is 0 Å². The standard InChI is InChI=1S/C13H9F4NO2/c14-8-4-11(15)12(18-5-8)10-2-1-9(20-13(16)17)3-7(10)6-19/h1-5,13,19H,6H2. The van der Waals surface area contributed by atoms with Gasteiger partial charge in [-0.15, -0.1) is 0 Å². The van der Waals surface area contributed by atoms with Crippen LogP contribution in [0.3, 0.4) is 0 Å². The average molecular weight is 287 g/mol. The van der Waals surface area contributed by atoms with Crippen LogP contribution in [0.1, 0.15) is 5.56 Å². The van der Waals surface area contributed by atoms with E-state index in [4.69, 9.17) is 0 Å². The van der Waals surface area contributed by atoms with Gasteiger partial charge < -0.3 is 9.84 Å². The Kier molecular flexibility index (Phi) is 4.19. The number of ether oxygens (including phenoxy) is 1. The van der Waals surface area contributed by atoms with Crippen LogP contribution < -0.4 is 4.74 Å². The van der Waals surface area contributed by atoms with Crippen LogP contribution in [0.25, 0.3) is 11.3 Å². The van der Waals surface area contributed by atoms with Crippen molar-refractivity contribution in [3.05, 3.63) is 47.7 Å². The number of aromatic nitrogens is 1. The summed E-state index contributed by atoms with van der Waals surface area (Å²) in [6.45, 7) is -3.54. The zero-order chi connectivity index (χ0) is 14.7. The molecule has 3 nitrogen and oxygen atoms in total. The summed E-state index contributed by atoms with van der Waals surface area (Å²) in [4.78, 5) is 3.60. The maximum Gasteiger partial charge on any atom is 0.387 e. The van der Waals surface area contributed by atoms with Crippen molar-refractivity contribution in [3.63, 3.8) is 0 Å². The van der Waals surface area contributed by atoms with Gasteiger partial charge in [-0.2, -0.15) is 8.78 Å². The minimum atomic E-state index is -3.01. The Labute approximate surface area is 111 Å². The van der Waals surface area contributed by atoms with Gasteiger partial charge in [0.1, 0.15) is 17.3 Å². The molecule has 1 aromatic heterocycles. The number of hydrogen-bond acceptors (Lipinski definition) is 3. The molecule has 0 aliphatic heterocycles. The number of hydrogen-bond donors (Lipinski definition) is 1. The molecule has 0 bridgehead atoms. The predicted molar refractivity (Wildman–Crippen MR) is 62.1 cm³/mol. The van der Waals surface area contributed by atoms with Crippen molar-refractivity contribution in [2.75, 3.05) is 0 Å². The fourth-order valence-electron chi connectivity index (χ4n) is 1.72. The maximum absolute atomic E-state index is 13.6. The third-order valence-electron chi connectivity index (χ3n) is 2.54. The van der Waals surface area contributed by atoms with E-state index in [-0.39, 0.29) is 22.6 Å². The minimum absolute atomic E-state index is 0.140. The monoisotopic (exact) mass is 287 g/mol. The van der Waals surface area contributed by atoms with E-state index in [1.165, 1.54) is 12.1 Å². The van der Waals surface area contributed by atoms with E-state index in [1.807, 2.05) is 0 Å². The summed E-state index contributed by atoms with van der Waals surface area (Å²) in [5, 5.41) is 9.22. The van der Waals surface area contributed by atoms with Crippen LogP contribution in [0, 0.1) is 11.6 Å². The molecule has 2 rings (SSSR count). The predicted octanol–water partition coefficient (Wildman–Crippen LogP) is 3.12. The third-order valence-corrected chi connectivity index (χ3v) is 2.54. The van der Waals surface area contributed by atoms with Gasteiger partial charge in [0, 0.05) is 11.6 Å². The highest BCUT2D eigenvalue weighted by Gasteiger charge is 2.14. The van der Waals surface area contributed by atoms with Gasteiger partial charge in [-0.3, -0.25) is 4.98 Å². The number of alkyl halides is 2.